The molecule has 4 N–H and O–H groups in total. The molecule has 0 saturated carbocycles. The first-order valence-corrected chi connectivity index (χ1v) is 8.72. The summed E-state index contributed by atoms with van der Waals surface area (Å²) in [5.74, 6) is 5.76. The minimum atomic E-state index is -0.268. The SMILES string of the molecule is Cc1ccc(OCC(=O)Nc2cc(Cl)c3nc(NN)sc3c2)cc1C. The van der Waals surface area contributed by atoms with Gasteiger partial charge < -0.3 is 10.1 Å². The fourth-order valence-electron chi connectivity index (χ4n) is 2.27. The zero-order valence-corrected chi connectivity index (χ0v) is 15.3. The molecule has 6 nitrogen and oxygen atoms in total. The number of halogens is 1. The highest BCUT2D eigenvalue weighted by Crippen LogP contribution is 2.33. The molecule has 1 amide bonds. The summed E-state index contributed by atoms with van der Waals surface area (Å²) < 4.78 is 6.36. The average molecular weight is 377 g/mol. The summed E-state index contributed by atoms with van der Waals surface area (Å²) in [6.07, 6.45) is 0. The van der Waals surface area contributed by atoms with Gasteiger partial charge in [-0.05, 0) is 49.2 Å². The first-order valence-electron chi connectivity index (χ1n) is 7.53. The zero-order chi connectivity index (χ0) is 18.0. The largest absolute Gasteiger partial charge is 0.484 e. The van der Waals surface area contributed by atoms with Crippen molar-refractivity contribution in [3.8, 4) is 5.75 Å². The van der Waals surface area contributed by atoms with E-state index < -0.39 is 0 Å². The number of nitrogens with one attached hydrogen (secondary N) is 2. The molecule has 0 aliphatic carbocycles. The highest BCUT2D eigenvalue weighted by Gasteiger charge is 2.11. The van der Waals surface area contributed by atoms with Gasteiger partial charge in [0.05, 0.1) is 9.72 Å². The molecule has 3 rings (SSSR count). The minimum absolute atomic E-state index is 0.0869. The highest BCUT2D eigenvalue weighted by atomic mass is 35.5. The van der Waals surface area contributed by atoms with Gasteiger partial charge in [-0.2, -0.15) is 0 Å². The van der Waals surface area contributed by atoms with Gasteiger partial charge in [-0.3, -0.25) is 10.2 Å². The Bertz CT molecular complexity index is 942. The Labute approximate surface area is 153 Å². The van der Waals surface area contributed by atoms with Gasteiger partial charge in [-0.15, -0.1) is 0 Å². The number of thiazole rings is 1. The number of carbonyl (C=O) groups excluding carboxylic acids is 1. The van der Waals surface area contributed by atoms with Gasteiger partial charge >= 0.3 is 0 Å². The monoisotopic (exact) mass is 376 g/mol. The molecule has 0 aliphatic heterocycles. The molecule has 0 atom stereocenters. The van der Waals surface area contributed by atoms with E-state index in [2.05, 4.69) is 15.7 Å². The molecular formula is C17H17ClN4O2S. The van der Waals surface area contributed by atoms with Gasteiger partial charge in [0, 0.05) is 5.69 Å². The molecule has 1 heterocycles. The zero-order valence-electron chi connectivity index (χ0n) is 13.7. The fraction of sp³-hybridized carbons (Fsp3) is 0.176. The third-order valence-electron chi connectivity index (χ3n) is 3.70. The maximum atomic E-state index is 12.1. The Morgan fingerprint density at radius 1 is 1.28 bits per heavy atom. The number of amides is 1. The number of fused-ring (bicyclic) bond motifs is 1. The van der Waals surface area contributed by atoms with Crippen LogP contribution in [0.2, 0.25) is 5.02 Å². The Kier molecular flexibility index (Phi) is 5.08. The predicted molar refractivity (Wildman–Crippen MR) is 102 cm³/mol. The van der Waals surface area contributed by atoms with Gasteiger partial charge in [0.25, 0.3) is 5.91 Å². The summed E-state index contributed by atoms with van der Waals surface area (Å²) in [7, 11) is 0. The van der Waals surface area contributed by atoms with E-state index in [1.54, 1.807) is 12.1 Å². The van der Waals surface area contributed by atoms with Crippen LogP contribution in [0, 0.1) is 13.8 Å². The third-order valence-corrected chi connectivity index (χ3v) is 4.93. The molecule has 8 heteroatoms. The lowest BCUT2D eigenvalue weighted by molar-refractivity contribution is -0.118. The number of anilines is 2. The number of nitrogens with two attached hydrogens (primary N) is 1. The number of nitrogen functional groups attached to an aromatic ring is 1. The van der Waals surface area contributed by atoms with Crippen LogP contribution >= 0.6 is 22.9 Å². The summed E-state index contributed by atoms with van der Waals surface area (Å²) >= 11 is 7.57. The van der Waals surface area contributed by atoms with Crippen LogP contribution in [0.3, 0.4) is 0 Å². The molecule has 0 bridgehead atoms. The Morgan fingerprint density at radius 2 is 2.08 bits per heavy atom. The van der Waals surface area contributed by atoms with Gasteiger partial charge in [0.15, 0.2) is 11.7 Å². The molecule has 0 radical (unpaired) electrons. The van der Waals surface area contributed by atoms with Crippen molar-refractivity contribution in [1.82, 2.24) is 4.98 Å². The Hall–Kier alpha value is -2.35. The van der Waals surface area contributed by atoms with E-state index in [4.69, 9.17) is 22.2 Å². The number of benzene rings is 2. The number of hydrazine groups is 1. The van der Waals surface area contributed by atoms with Gasteiger partial charge in [0.1, 0.15) is 11.3 Å². The van der Waals surface area contributed by atoms with Crippen LogP contribution in [0.4, 0.5) is 10.8 Å². The Morgan fingerprint density at radius 3 is 2.80 bits per heavy atom. The van der Waals surface area contributed by atoms with Crippen LogP contribution < -0.4 is 21.3 Å². The van der Waals surface area contributed by atoms with Crippen LogP contribution in [0.25, 0.3) is 10.2 Å². The van der Waals surface area contributed by atoms with E-state index in [1.165, 1.54) is 16.9 Å². The Balaban J connectivity index is 1.68. The van der Waals surface area contributed by atoms with Crippen molar-refractivity contribution >= 4 is 49.9 Å². The number of hydrogen-bond donors (Lipinski definition) is 3. The molecule has 0 spiro atoms. The number of carbonyl (C=O) groups is 1. The first-order chi connectivity index (χ1) is 12.0. The second-order valence-corrected chi connectivity index (χ2v) is 6.99. The molecular weight excluding hydrogens is 360 g/mol. The number of hydrogen-bond acceptors (Lipinski definition) is 6. The molecule has 0 saturated heterocycles. The number of aryl methyl sites for hydroxylation is 2. The molecule has 2 aromatic carbocycles. The molecule has 0 unspecified atom stereocenters. The lowest BCUT2D eigenvalue weighted by atomic mass is 10.1. The van der Waals surface area contributed by atoms with Crippen molar-refractivity contribution in [2.45, 2.75) is 13.8 Å². The highest BCUT2D eigenvalue weighted by molar-refractivity contribution is 7.22. The summed E-state index contributed by atoms with van der Waals surface area (Å²) in [5.41, 5.74) is 6.01. The van der Waals surface area contributed by atoms with E-state index in [0.717, 1.165) is 10.3 Å². The van der Waals surface area contributed by atoms with E-state index in [9.17, 15) is 4.79 Å². The molecule has 0 aliphatic rings. The summed E-state index contributed by atoms with van der Waals surface area (Å²) in [6, 6.07) is 9.16. The lowest BCUT2D eigenvalue weighted by Gasteiger charge is -2.09. The molecule has 130 valence electrons. The number of ether oxygens (including phenoxy) is 1. The molecule has 25 heavy (non-hydrogen) atoms. The van der Waals surface area contributed by atoms with E-state index >= 15 is 0 Å². The van der Waals surface area contributed by atoms with Crippen LogP contribution in [0.5, 0.6) is 5.75 Å². The van der Waals surface area contributed by atoms with Crippen LogP contribution in [-0.2, 0) is 4.79 Å². The second kappa shape index (κ2) is 7.26. The second-order valence-electron chi connectivity index (χ2n) is 5.55. The molecule has 1 aromatic heterocycles. The predicted octanol–water partition coefficient (Wildman–Crippen LogP) is 3.87. The minimum Gasteiger partial charge on any atom is -0.484 e. The van der Waals surface area contributed by atoms with Gasteiger partial charge in [-0.25, -0.2) is 10.8 Å². The van der Waals surface area contributed by atoms with Crippen LogP contribution in [0.1, 0.15) is 11.1 Å². The third kappa shape index (κ3) is 4.01. The first kappa shape index (κ1) is 17.5. The maximum Gasteiger partial charge on any atom is 0.262 e. The summed E-state index contributed by atoms with van der Waals surface area (Å²) in [5, 5.41) is 3.78. The standard InChI is InChI=1S/C17H17ClN4O2S/c1-9-3-4-12(5-10(9)2)24-8-15(23)20-11-6-13(18)16-14(7-11)25-17(21-16)22-19/h3-7H,8,19H2,1-2H3,(H,20,23)(H,21,22). The molecule has 3 aromatic rings. The van der Waals surface area contributed by atoms with Crippen LogP contribution in [-0.4, -0.2) is 17.5 Å². The number of aromatic nitrogens is 1. The van der Waals surface area contributed by atoms with Crippen LogP contribution in [0.15, 0.2) is 30.3 Å². The van der Waals surface area contributed by atoms with Crippen molar-refractivity contribution in [2.75, 3.05) is 17.3 Å². The summed E-state index contributed by atoms with van der Waals surface area (Å²) in [6.45, 7) is 3.94. The smallest absolute Gasteiger partial charge is 0.262 e. The van der Waals surface area contributed by atoms with Crippen molar-refractivity contribution in [3.05, 3.63) is 46.5 Å². The quantitative estimate of drug-likeness (QED) is 0.464. The molecule has 0 fully saturated rings. The maximum absolute atomic E-state index is 12.1. The number of nitrogens with zero attached hydrogens (tertiary/aromatic N) is 1. The average Bonchev–Trinajstić information content (AvgIpc) is 3.00. The van der Waals surface area contributed by atoms with E-state index in [-0.39, 0.29) is 12.5 Å². The van der Waals surface area contributed by atoms with Gasteiger partial charge in [0.2, 0.25) is 0 Å². The fourth-order valence-corrected chi connectivity index (χ4v) is 3.43. The normalized spacial score (nSPS) is 10.7. The number of rotatable bonds is 5. The van der Waals surface area contributed by atoms with Crippen molar-refractivity contribution in [2.24, 2.45) is 5.84 Å². The van der Waals surface area contributed by atoms with Crippen molar-refractivity contribution in [3.63, 3.8) is 0 Å². The van der Waals surface area contributed by atoms with Crippen molar-refractivity contribution < 1.29 is 9.53 Å². The lowest BCUT2D eigenvalue weighted by Crippen LogP contribution is -2.20. The van der Waals surface area contributed by atoms with E-state index in [0.29, 0.717) is 27.1 Å². The summed E-state index contributed by atoms with van der Waals surface area (Å²) in [4.78, 5) is 16.4. The van der Waals surface area contributed by atoms with Crippen molar-refractivity contribution in [1.29, 1.82) is 0 Å². The topological polar surface area (TPSA) is 89.3 Å². The van der Waals surface area contributed by atoms with Gasteiger partial charge in [-0.1, -0.05) is 29.0 Å². The van der Waals surface area contributed by atoms with E-state index in [1.807, 2.05) is 32.0 Å².